The number of esters is 1. The van der Waals surface area contributed by atoms with E-state index < -0.39 is 7.26 Å². The predicted octanol–water partition coefficient (Wildman–Crippen LogP) is 5.65. The van der Waals surface area contributed by atoms with Crippen molar-refractivity contribution in [2.24, 2.45) is 0 Å². The summed E-state index contributed by atoms with van der Waals surface area (Å²) in [5.41, 5.74) is 0.508. The Morgan fingerprint density at radius 1 is 0.700 bits per heavy atom. The van der Waals surface area contributed by atoms with Gasteiger partial charge in [-0.2, -0.15) is 0 Å². The molecule has 0 N–H and O–H groups in total. The first-order chi connectivity index (χ1) is 14.0. The largest absolute Gasteiger partial charge is 1.00 e. The normalized spacial score (nSPS) is 11.2. The molecule has 0 unspecified atom stereocenters. The fourth-order valence-electron chi connectivity index (χ4n) is 4.06. The molecule has 0 aromatic rings. The van der Waals surface area contributed by atoms with Gasteiger partial charge in [0.05, 0.1) is 24.6 Å². The summed E-state index contributed by atoms with van der Waals surface area (Å²) in [6.07, 6.45) is 24.9. The molecule has 0 saturated carbocycles. The zero-order chi connectivity index (χ0) is 21.8. The highest BCUT2D eigenvalue weighted by atomic mass is 35.5. The van der Waals surface area contributed by atoms with Crippen molar-refractivity contribution in [3.05, 3.63) is 12.2 Å². The summed E-state index contributed by atoms with van der Waals surface area (Å²) < 4.78 is 5.38. The van der Waals surface area contributed by atoms with Gasteiger partial charge in [-0.3, -0.25) is 0 Å². The molecule has 0 saturated heterocycles. The van der Waals surface area contributed by atoms with Crippen LogP contribution < -0.4 is 12.4 Å². The monoisotopic (exact) mass is 462 g/mol. The average molecular weight is 463 g/mol. The van der Waals surface area contributed by atoms with Gasteiger partial charge in [-0.15, -0.1) is 0 Å². The molecule has 0 aliphatic heterocycles. The van der Waals surface area contributed by atoms with Crippen LogP contribution in [0.3, 0.4) is 0 Å². The van der Waals surface area contributed by atoms with Gasteiger partial charge in [0, 0.05) is 12.8 Å². The van der Waals surface area contributed by atoms with Gasteiger partial charge in [-0.1, -0.05) is 90.6 Å². The maximum absolute atomic E-state index is 11.6. The Kier molecular flexibility index (Phi) is 23.7. The zero-order valence-corrected chi connectivity index (χ0v) is 22.4. The lowest BCUT2D eigenvalue weighted by molar-refractivity contribution is -0.138. The third-order valence-electron chi connectivity index (χ3n) is 6.47. The standard InChI is InChI=1S/C26H52O2P.ClH/c1-6-9-10-11-12-13-14-15-16-17-18-19-20-21-23-29(7-2,8-3)24-22-28-26(27)25(4)5;/h4,6-24H2,1-3,5H3;1H/q+1;/p-1. The van der Waals surface area contributed by atoms with Crippen molar-refractivity contribution < 1.29 is 21.9 Å². The molecule has 0 aromatic heterocycles. The summed E-state index contributed by atoms with van der Waals surface area (Å²) in [5.74, 6) is -0.230. The third-order valence-corrected chi connectivity index (χ3v) is 11.6. The first kappa shape index (κ1) is 32.1. The Hall–Kier alpha value is -0.0700. The van der Waals surface area contributed by atoms with Crippen LogP contribution in [0.25, 0.3) is 0 Å². The quantitative estimate of drug-likeness (QED) is 0.0953. The average Bonchev–Trinajstić information content (AvgIpc) is 2.72. The Bertz CT molecular complexity index is 408. The van der Waals surface area contributed by atoms with Gasteiger partial charge < -0.3 is 17.1 Å². The van der Waals surface area contributed by atoms with Gasteiger partial charge in [-0.25, -0.2) is 4.79 Å². The summed E-state index contributed by atoms with van der Waals surface area (Å²) >= 11 is 0. The minimum Gasteiger partial charge on any atom is -1.00 e. The second kappa shape index (κ2) is 22.1. The molecule has 0 aromatic carbocycles. The van der Waals surface area contributed by atoms with Gasteiger partial charge in [0.2, 0.25) is 0 Å². The van der Waals surface area contributed by atoms with Crippen molar-refractivity contribution in [1.29, 1.82) is 0 Å². The van der Waals surface area contributed by atoms with E-state index in [2.05, 4.69) is 27.4 Å². The number of hydrogen-bond acceptors (Lipinski definition) is 2. The van der Waals surface area contributed by atoms with Gasteiger partial charge in [0.1, 0.15) is 6.61 Å². The Labute approximate surface area is 196 Å². The van der Waals surface area contributed by atoms with E-state index in [-0.39, 0.29) is 18.4 Å². The van der Waals surface area contributed by atoms with Crippen LogP contribution in [0.2, 0.25) is 0 Å². The summed E-state index contributed by atoms with van der Waals surface area (Å²) in [7, 11) is -0.936. The number of ether oxygens (including phenoxy) is 1. The van der Waals surface area contributed by atoms with Crippen LogP contribution in [0.5, 0.6) is 0 Å². The van der Waals surface area contributed by atoms with Gasteiger partial charge in [0.25, 0.3) is 0 Å². The zero-order valence-electron chi connectivity index (χ0n) is 20.8. The Morgan fingerprint density at radius 3 is 1.47 bits per heavy atom. The molecule has 0 heterocycles. The molecule has 30 heavy (non-hydrogen) atoms. The first-order valence-corrected chi connectivity index (χ1v) is 15.2. The number of halogens is 1. The van der Waals surface area contributed by atoms with Crippen molar-refractivity contribution >= 4 is 13.2 Å². The molecule has 0 atom stereocenters. The molecule has 0 rings (SSSR count). The number of rotatable bonds is 21. The number of unbranched alkanes of at least 4 members (excludes halogenated alkanes) is 13. The molecule has 0 radical (unpaired) electrons. The highest BCUT2D eigenvalue weighted by Crippen LogP contribution is 2.58. The third kappa shape index (κ3) is 17.6. The van der Waals surface area contributed by atoms with E-state index in [9.17, 15) is 4.79 Å². The smallest absolute Gasteiger partial charge is 0.333 e. The van der Waals surface area contributed by atoms with Crippen molar-refractivity contribution in [3.63, 3.8) is 0 Å². The van der Waals surface area contributed by atoms with Crippen LogP contribution in [0, 0.1) is 0 Å². The molecule has 0 fully saturated rings. The fourth-order valence-corrected chi connectivity index (χ4v) is 7.37. The molecule has 180 valence electrons. The van der Waals surface area contributed by atoms with E-state index in [0.29, 0.717) is 12.2 Å². The van der Waals surface area contributed by atoms with Crippen LogP contribution in [0.1, 0.15) is 118 Å². The van der Waals surface area contributed by atoms with Crippen LogP contribution in [-0.4, -0.2) is 37.2 Å². The van der Waals surface area contributed by atoms with Crippen LogP contribution in [-0.2, 0) is 9.53 Å². The summed E-state index contributed by atoms with van der Waals surface area (Å²) in [5, 5.41) is 0. The maximum atomic E-state index is 11.6. The van der Waals surface area contributed by atoms with Crippen molar-refractivity contribution in [1.82, 2.24) is 0 Å². The van der Waals surface area contributed by atoms with Crippen LogP contribution in [0.15, 0.2) is 12.2 Å². The molecule has 0 aliphatic carbocycles. The number of hydrogen-bond donors (Lipinski definition) is 0. The highest BCUT2D eigenvalue weighted by Gasteiger charge is 2.32. The first-order valence-electron chi connectivity index (χ1n) is 12.7. The van der Waals surface area contributed by atoms with E-state index in [0.717, 1.165) is 6.16 Å². The highest BCUT2D eigenvalue weighted by molar-refractivity contribution is 7.75. The van der Waals surface area contributed by atoms with E-state index in [1.165, 1.54) is 108 Å². The maximum Gasteiger partial charge on any atom is 0.333 e. The molecule has 2 nitrogen and oxygen atoms in total. The fraction of sp³-hybridized carbons (Fsp3) is 0.885. The van der Waals surface area contributed by atoms with Crippen LogP contribution in [0.4, 0.5) is 0 Å². The minimum absolute atomic E-state index is 0. The van der Waals surface area contributed by atoms with Gasteiger partial charge >= 0.3 is 5.97 Å². The predicted molar refractivity (Wildman–Crippen MR) is 134 cm³/mol. The number of carbonyl (C=O) groups excluding carboxylic acids is 1. The van der Waals surface area contributed by atoms with Crippen LogP contribution >= 0.6 is 7.26 Å². The minimum atomic E-state index is -0.936. The lowest BCUT2D eigenvalue weighted by atomic mass is 10.0. The lowest BCUT2D eigenvalue weighted by Crippen LogP contribution is -3.00. The summed E-state index contributed by atoms with van der Waals surface area (Å²) in [4.78, 5) is 11.6. The summed E-state index contributed by atoms with van der Waals surface area (Å²) in [6, 6.07) is 0. The lowest BCUT2D eigenvalue weighted by Gasteiger charge is -2.25. The second-order valence-electron chi connectivity index (χ2n) is 8.93. The topological polar surface area (TPSA) is 26.3 Å². The van der Waals surface area contributed by atoms with Crippen molar-refractivity contribution in [2.75, 3.05) is 31.3 Å². The van der Waals surface area contributed by atoms with E-state index in [1.54, 1.807) is 6.92 Å². The molecule has 0 amide bonds. The second-order valence-corrected chi connectivity index (χ2v) is 13.8. The van der Waals surface area contributed by atoms with Gasteiger partial charge in [0.15, 0.2) is 0 Å². The summed E-state index contributed by atoms with van der Waals surface area (Å²) in [6.45, 7) is 12.9. The van der Waals surface area contributed by atoms with E-state index >= 15 is 0 Å². The van der Waals surface area contributed by atoms with Gasteiger partial charge in [-0.05, 0) is 33.6 Å². The Balaban J connectivity index is 0. The molecular weight excluding hydrogens is 411 g/mol. The molecule has 0 spiro atoms. The Morgan fingerprint density at radius 2 is 1.10 bits per heavy atom. The van der Waals surface area contributed by atoms with E-state index in [4.69, 9.17) is 4.74 Å². The number of carbonyl (C=O) groups is 1. The molecule has 0 bridgehead atoms. The SMILES string of the molecule is C=C(C)C(=O)OCC[P+](CC)(CC)CCCCCCCCCCCCCCCC.[Cl-]. The van der Waals surface area contributed by atoms with E-state index in [1.807, 2.05) is 0 Å². The molecular formula is C26H52ClO2P. The molecule has 4 heteroatoms. The molecule has 0 aliphatic rings. The van der Waals surface area contributed by atoms with Crippen molar-refractivity contribution in [3.8, 4) is 0 Å². The van der Waals surface area contributed by atoms with Crippen molar-refractivity contribution in [2.45, 2.75) is 118 Å².